The van der Waals surface area contributed by atoms with E-state index in [2.05, 4.69) is 27.0 Å². The Labute approximate surface area is 158 Å². The van der Waals surface area contributed by atoms with Gasteiger partial charge in [-0.3, -0.25) is 4.98 Å². The van der Waals surface area contributed by atoms with E-state index in [1.54, 1.807) is 0 Å². The molecule has 0 radical (unpaired) electrons. The third-order valence-electron chi connectivity index (χ3n) is 4.86. The van der Waals surface area contributed by atoms with E-state index in [9.17, 15) is 0 Å². The van der Waals surface area contributed by atoms with Crippen molar-refractivity contribution in [3.05, 3.63) is 58.0 Å². The van der Waals surface area contributed by atoms with Gasteiger partial charge in [-0.15, -0.1) is 0 Å². The lowest BCUT2D eigenvalue weighted by molar-refractivity contribution is 0.0394. The summed E-state index contributed by atoms with van der Waals surface area (Å²) in [6.07, 6.45) is 1.82. The summed E-state index contributed by atoms with van der Waals surface area (Å²) >= 11 is 6.53. The van der Waals surface area contributed by atoms with Crippen LogP contribution in [0.2, 0.25) is 5.02 Å². The fourth-order valence-electron chi connectivity index (χ4n) is 3.27. The molecule has 0 N–H and O–H groups in total. The number of hydrogen-bond donors (Lipinski definition) is 0. The van der Waals surface area contributed by atoms with Gasteiger partial charge < -0.3 is 9.64 Å². The predicted molar refractivity (Wildman–Crippen MR) is 104 cm³/mol. The molecule has 1 saturated heterocycles. The number of nitrogens with zero attached hydrogens (tertiary/aromatic N) is 4. The van der Waals surface area contributed by atoms with Crippen LogP contribution in [0.5, 0.6) is 0 Å². The molecular formula is C20H21ClN4O. The van der Waals surface area contributed by atoms with Crippen LogP contribution in [0.1, 0.15) is 28.6 Å². The maximum absolute atomic E-state index is 6.53. The number of aromatic nitrogens is 3. The number of ether oxygens (including phenoxy) is 1. The van der Waals surface area contributed by atoms with Crippen LogP contribution in [0, 0.1) is 20.8 Å². The van der Waals surface area contributed by atoms with Gasteiger partial charge in [0.05, 0.1) is 11.6 Å². The molecule has 3 aromatic rings. The van der Waals surface area contributed by atoms with Crippen molar-refractivity contribution in [3.63, 3.8) is 0 Å². The number of halogens is 1. The molecule has 0 spiro atoms. The van der Waals surface area contributed by atoms with Crippen molar-refractivity contribution in [1.82, 2.24) is 15.0 Å². The highest BCUT2D eigenvalue weighted by atomic mass is 35.5. The van der Waals surface area contributed by atoms with Crippen LogP contribution in [0.3, 0.4) is 0 Å². The highest BCUT2D eigenvalue weighted by Gasteiger charge is 2.24. The summed E-state index contributed by atoms with van der Waals surface area (Å²) in [6, 6.07) is 8.07. The number of fused-ring (bicyclic) bond motifs is 1. The predicted octanol–water partition coefficient (Wildman–Crippen LogP) is 4.18. The zero-order valence-electron chi connectivity index (χ0n) is 15.2. The van der Waals surface area contributed by atoms with Crippen LogP contribution in [0.4, 0.5) is 5.82 Å². The Bertz CT molecular complexity index is 975. The molecule has 0 saturated carbocycles. The number of anilines is 1. The van der Waals surface area contributed by atoms with Gasteiger partial charge in [0.1, 0.15) is 11.9 Å². The van der Waals surface area contributed by atoms with Gasteiger partial charge in [-0.05, 0) is 50.1 Å². The highest BCUT2D eigenvalue weighted by molar-refractivity contribution is 6.35. The van der Waals surface area contributed by atoms with Gasteiger partial charge in [-0.1, -0.05) is 11.6 Å². The van der Waals surface area contributed by atoms with Crippen LogP contribution in [-0.2, 0) is 4.74 Å². The number of pyridine rings is 3. The normalized spacial score (nSPS) is 17.7. The molecule has 5 nitrogen and oxygen atoms in total. The van der Waals surface area contributed by atoms with E-state index >= 15 is 0 Å². The fraction of sp³-hybridized carbons (Fsp3) is 0.350. The van der Waals surface area contributed by atoms with E-state index in [0.717, 1.165) is 46.8 Å². The van der Waals surface area contributed by atoms with Crippen LogP contribution < -0.4 is 4.90 Å². The van der Waals surface area contributed by atoms with E-state index in [1.165, 1.54) is 0 Å². The Hall–Kier alpha value is -2.24. The standard InChI is InChI=1S/C20H21ClN4O/c1-12-8-16-17(21)10-19(24-20(16)23-14(12)3)25-6-7-26-18(11-25)15-4-5-22-13(2)9-15/h4-5,8-10,18H,6-7,11H2,1-3H3/t18-/m1/s1. The Morgan fingerprint density at radius 2 is 2.00 bits per heavy atom. The molecule has 0 amide bonds. The smallest absolute Gasteiger partial charge is 0.163 e. The Balaban J connectivity index is 1.67. The molecule has 26 heavy (non-hydrogen) atoms. The molecule has 6 heteroatoms. The summed E-state index contributed by atoms with van der Waals surface area (Å²) in [5.41, 5.74) is 4.92. The number of rotatable bonds is 2. The maximum atomic E-state index is 6.53. The minimum atomic E-state index is -0.00515. The summed E-state index contributed by atoms with van der Waals surface area (Å²) in [5.74, 6) is 0.845. The number of hydrogen-bond acceptors (Lipinski definition) is 5. The average molecular weight is 369 g/mol. The second-order valence-corrected chi connectivity index (χ2v) is 7.17. The molecule has 0 bridgehead atoms. The Morgan fingerprint density at radius 3 is 2.81 bits per heavy atom. The van der Waals surface area contributed by atoms with Gasteiger partial charge in [0, 0.05) is 42.1 Å². The Kier molecular flexibility index (Phi) is 4.51. The Morgan fingerprint density at radius 1 is 1.15 bits per heavy atom. The third-order valence-corrected chi connectivity index (χ3v) is 5.18. The SMILES string of the molecule is Cc1cc([C@H]2CN(c3cc(Cl)c4cc(C)c(C)nc4n3)CCO2)ccn1. The first kappa shape index (κ1) is 17.2. The van der Waals surface area contributed by atoms with E-state index in [0.29, 0.717) is 17.3 Å². The second kappa shape index (κ2) is 6.82. The first-order chi connectivity index (χ1) is 12.5. The van der Waals surface area contributed by atoms with Crippen molar-refractivity contribution in [3.8, 4) is 0 Å². The number of morpholine rings is 1. The van der Waals surface area contributed by atoms with Crippen molar-refractivity contribution in [2.45, 2.75) is 26.9 Å². The summed E-state index contributed by atoms with van der Waals surface area (Å²) in [6.45, 7) is 8.17. The zero-order valence-corrected chi connectivity index (χ0v) is 15.9. The third kappa shape index (κ3) is 3.24. The minimum absolute atomic E-state index is 0.00515. The van der Waals surface area contributed by atoms with E-state index in [-0.39, 0.29) is 6.10 Å². The summed E-state index contributed by atoms with van der Waals surface area (Å²) in [5, 5.41) is 1.58. The lowest BCUT2D eigenvalue weighted by atomic mass is 10.1. The van der Waals surface area contributed by atoms with Gasteiger partial charge in [-0.25, -0.2) is 9.97 Å². The molecule has 0 aromatic carbocycles. The molecule has 1 atom stereocenters. The lowest BCUT2D eigenvalue weighted by Gasteiger charge is -2.34. The van der Waals surface area contributed by atoms with Crippen LogP contribution in [-0.4, -0.2) is 34.6 Å². The topological polar surface area (TPSA) is 51.1 Å². The van der Waals surface area contributed by atoms with Gasteiger partial charge in [-0.2, -0.15) is 0 Å². The quantitative estimate of drug-likeness (QED) is 0.679. The molecular weight excluding hydrogens is 348 g/mol. The molecule has 4 rings (SSSR count). The summed E-state index contributed by atoms with van der Waals surface area (Å²) < 4.78 is 5.98. The van der Waals surface area contributed by atoms with Crippen molar-refractivity contribution in [1.29, 1.82) is 0 Å². The second-order valence-electron chi connectivity index (χ2n) is 6.76. The fourth-order valence-corrected chi connectivity index (χ4v) is 3.51. The zero-order chi connectivity index (χ0) is 18.3. The minimum Gasteiger partial charge on any atom is -0.370 e. The molecule has 4 heterocycles. The van der Waals surface area contributed by atoms with E-state index < -0.39 is 0 Å². The first-order valence-electron chi connectivity index (χ1n) is 8.75. The van der Waals surface area contributed by atoms with Crippen molar-refractivity contribution < 1.29 is 4.74 Å². The largest absolute Gasteiger partial charge is 0.370 e. The first-order valence-corrected chi connectivity index (χ1v) is 9.12. The molecule has 0 aliphatic carbocycles. The van der Waals surface area contributed by atoms with Crippen molar-refractivity contribution in [2.24, 2.45) is 0 Å². The van der Waals surface area contributed by atoms with Gasteiger partial charge in [0.2, 0.25) is 0 Å². The highest BCUT2D eigenvalue weighted by Crippen LogP contribution is 2.30. The van der Waals surface area contributed by atoms with Crippen molar-refractivity contribution in [2.75, 3.05) is 24.6 Å². The maximum Gasteiger partial charge on any atom is 0.163 e. The average Bonchev–Trinajstić information content (AvgIpc) is 2.63. The van der Waals surface area contributed by atoms with Crippen LogP contribution in [0.15, 0.2) is 30.5 Å². The molecule has 134 valence electrons. The van der Waals surface area contributed by atoms with Gasteiger partial charge >= 0.3 is 0 Å². The van der Waals surface area contributed by atoms with E-state index in [4.69, 9.17) is 21.3 Å². The molecule has 1 aliphatic rings. The lowest BCUT2D eigenvalue weighted by Crippen LogP contribution is -2.38. The monoisotopic (exact) mass is 368 g/mol. The molecule has 1 fully saturated rings. The number of aryl methyl sites for hydroxylation is 3. The molecule has 0 unspecified atom stereocenters. The summed E-state index contributed by atoms with van der Waals surface area (Å²) in [4.78, 5) is 15.9. The van der Waals surface area contributed by atoms with Crippen LogP contribution >= 0.6 is 11.6 Å². The van der Waals surface area contributed by atoms with E-state index in [1.807, 2.05) is 39.1 Å². The summed E-state index contributed by atoms with van der Waals surface area (Å²) in [7, 11) is 0. The van der Waals surface area contributed by atoms with Crippen molar-refractivity contribution >= 4 is 28.5 Å². The molecule has 3 aromatic heterocycles. The molecule has 1 aliphatic heterocycles. The van der Waals surface area contributed by atoms with Crippen LogP contribution in [0.25, 0.3) is 11.0 Å². The van der Waals surface area contributed by atoms with Gasteiger partial charge in [0.15, 0.2) is 5.65 Å². The van der Waals surface area contributed by atoms with Gasteiger partial charge in [0.25, 0.3) is 0 Å².